The molecule has 0 radical (unpaired) electrons. The molecule has 1 atom stereocenters. The first kappa shape index (κ1) is 23.0. The van der Waals surface area contributed by atoms with Crippen molar-refractivity contribution in [3.8, 4) is 17.0 Å². The molecule has 0 aliphatic carbocycles. The van der Waals surface area contributed by atoms with Gasteiger partial charge in [-0.15, -0.1) is 0 Å². The number of hydrogen-bond donors (Lipinski definition) is 2. The fraction of sp³-hybridized carbons (Fsp3) is 0.417. The number of nitrogens with one attached hydrogen (secondary N) is 1. The second-order valence-electron chi connectivity index (χ2n) is 9.62. The number of alkyl halides is 2. The molecule has 11 heteroatoms. The molecule has 0 aromatic carbocycles. The monoisotopic (exact) mass is 483 g/mol. The summed E-state index contributed by atoms with van der Waals surface area (Å²) in [5.41, 5.74) is 8.00. The molecule has 9 nitrogen and oxygen atoms in total. The number of carbonyl (C=O) groups excluding carboxylic acids is 1. The summed E-state index contributed by atoms with van der Waals surface area (Å²) in [4.78, 5) is 23.1. The number of urea groups is 1. The molecule has 0 saturated carbocycles. The van der Waals surface area contributed by atoms with Gasteiger partial charge in [0.1, 0.15) is 0 Å². The van der Waals surface area contributed by atoms with E-state index in [2.05, 4.69) is 25.1 Å². The van der Waals surface area contributed by atoms with E-state index in [0.29, 0.717) is 24.3 Å². The molecule has 5 rings (SSSR count). The van der Waals surface area contributed by atoms with Gasteiger partial charge in [-0.1, -0.05) is 6.07 Å². The zero-order chi connectivity index (χ0) is 24.8. The first-order valence-electron chi connectivity index (χ1n) is 11.4. The van der Waals surface area contributed by atoms with Crippen molar-refractivity contribution in [1.82, 2.24) is 30.0 Å². The van der Waals surface area contributed by atoms with Crippen LogP contribution in [0.15, 0.2) is 42.9 Å². The summed E-state index contributed by atoms with van der Waals surface area (Å²) < 4.78 is 31.8. The minimum Gasteiger partial charge on any atom is -0.431 e. The highest BCUT2D eigenvalue weighted by Crippen LogP contribution is 2.44. The van der Waals surface area contributed by atoms with E-state index < -0.39 is 12.2 Å². The average molecular weight is 484 g/mol. The van der Waals surface area contributed by atoms with Crippen molar-refractivity contribution in [1.29, 1.82) is 0 Å². The lowest BCUT2D eigenvalue weighted by molar-refractivity contribution is -0.0494. The molecule has 5 heterocycles. The van der Waals surface area contributed by atoms with E-state index in [1.54, 1.807) is 12.4 Å². The summed E-state index contributed by atoms with van der Waals surface area (Å²) in [6.45, 7) is 2.84. The molecule has 0 unspecified atom stereocenters. The molecule has 1 spiro atoms. The first-order valence-corrected chi connectivity index (χ1v) is 11.4. The van der Waals surface area contributed by atoms with Crippen molar-refractivity contribution in [3.05, 3.63) is 54.1 Å². The fourth-order valence-electron chi connectivity index (χ4n) is 5.00. The number of nitrogens with zero attached hydrogens (tertiary/aromatic N) is 5. The van der Waals surface area contributed by atoms with Gasteiger partial charge in [0.15, 0.2) is 11.6 Å². The Balaban J connectivity index is 1.34. The quantitative estimate of drug-likeness (QED) is 0.575. The minimum absolute atomic E-state index is 0.107. The second kappa shape index (κ2) is 8.47. The summed E-state index contributed by atoms with van der Waals surface area (Å²) in [5.74, 6) is -0.288. The van der Waals surface area contributed by atoms with Crippen molar-refractivity contribution in [3.63, 3.8) is 0 Å². The molecule has 0 bridgehead atoms. The Kier molecular flexibility index (Phi) is 5.57. The summed E-state index contributed by atoms with van der Waals surface area (Å²) in [5, 5.41) is 7.80. The van der Waals surface area contributed by atoms with Gasteiger partial charge in [-0.05, 0) is 50.5 Å². The predicted octanol–water partition coefficient (Wildman–Crippen LogP) is 3.52. The molecular weight excluding hydrogens is 456 g/mol. The van der Waals surface area contributed by atoms with E-state index in [1.807, 2.05) is 41.6 Å². The molecule has 35 heavy (non-hydrogen) atoms. The molecule has 1 fully saturated rings. The van der Waals surface area contributed by atoms with Gasteiger partial charge in [0.2, 0.25) is 0 Å². The number of ether oxygens (including phenoxy) is 1. The van der Waals surface area contributed by atoms with Gasteiger partial charge in [-0.25, -0.2) is 9.78 Å². The van der Waals surface area contributed by atoms with E-state index in [-0.39, 0.29) is 23.0 Å². The Hall–Kier alpha value is -3.76. The van der Waals surface area contributed by atoms with Crippen LogP contribution in [0.2, 0.25) is 0 Å². The number of halogens is 2. The first-order chi connectivity index (χ1) is 16.7. The number of anilines is 1. The van der Waals surface area contributed by atoms with Crippen LogP contribution in [0.3, 0.4) is 0 Å². The lowest BCUT2D eigenvalue weighted by Gasteiger charge is -2.30. The van der Waals surface area contributed by atoms with Gasteiger partial charge in [0.25, 0.3) is 0 Å². The Labute approximate surface area is 201 Å². The lowest BCUT2D eigenvalue weighted by Crippen LogP contribution is -2.48. The molecule has 2 aliphatic rings. The summed E-state index contributed by atoms with van der Waals surface area (Å²) in [6, 6.07) is 7.05. The molecule has 3 N–H and O–H groups in total. The number of carbonyl (C=O) groups is 1. The topological polar surface area (TPSA) is 111 Å². The van der Waals surface area contributed by atoms with Gasteiger partial charge in [-0.2, -0.15) is 13.9 Å². The number of fused-ring (bicyclic) bond motifs is 2. The highest BCUT2D eigenvalue weighted by atomic mass is 19.3. The fourth-order valence-corrected chi connectivity index (χ4v) is 5.00. The normalized spacial score (nSPS) is 19.4. The zero-order valence-corrected chi connectivity index (χ0v) is 19.5. The van der Waals surface area contributed by atoms with Crippen LogP contribution in [-0.2, 0) is 17.5 Å². The maximum atomic E-state index is 13.1. The largest absolute Gasteiger partial charge is 0.431 e. The van der Waals surface area contributed by atoms with E-state index in [4.69, 9.17) is 5.73 Å². The number of pyridine rings is 2. The van der Waals surface area contributed by atoms with Crippen LogP contribution in [-0.4, -0.2) is 50.4 Å². The number of nitrogens with two attached hydrogens (primary N) is 1. The van der Waals surface area contributed by atoms with Crippen molar-refractivity contribution in [2.75, 3.05) is 18.8 Å². The van der Waals surface area contributed by atoms with Crippen molar-refractivity contribution >= 4 is 11.8 Å². The van der Waals surface area contributed by atoms with Crippen LogP contribution in [0.25, 0.3) is 11.3 Å². The van der Waals surface area contributed by atoms with Crippen LogP contribution >= 0.6 is 0 Å². The van der Waals surface area contributed by atoms with Gasteiger partial charge < -0.3 is 20.7 Å². The standard InChI is InChI=1S/C24H27F2N7O2/c1-23(2,16-4-3-7-28-13-16)30-22(34)32-8-5-24(14-32)6-9-33-19(24)11-17(31-33)15-10-18(35-21(25)26)20(27)29-12-15/h3-4,7,10-13,21H,5-6,8-9,14H2,1-2H3,(H2,27,29)(H,30,34)/t24-/m1/s1. The maximum absolute atomic E-state index is 13.1. The highest BCUT2D eigenvalue weighted by Gasteiger charge is 2.47. The van der Waals surface area contributed by atoms with Gasteiger partial charge >= 0.3 is 12.6 Å². The number of nitrogen functional groups attached to an aromatic ring is 1. The third-order valence-electron chi connectivity index (χ3n) is 6.96. The van der Waals surface area contributed by atoms with Crippen molar-refractivity contribution in [2.24, 2.45) is 0 Å². The highest BCUT2D eigenvalue weighted by molar-refractivity contribution is 5.76. The van der Waals surface area contributed by atoms with Crippen LogP contribution in [0.4, 0.5) is 19.4 Å². The van der Waals surface area contributed by atoms with E-state index >= 15 is 0 Å². The van der Waals surface area contributed by atoms with Crippen LogP contribution < -0.4 is 15.8 Å². The second-order valence-corrected chi connectivity index (χ2v) is 9.62. The van der Waals surface area contributed by atoms with E-state index in [1.165, 1.54) is 12.3 Å². The number of hydrogen-bond acceptors (Lipinski definition) is 6. The van der Waals surface area contributed by atoms with Gasteiger partial charge in [0, 0.05) is 54.9 Å². The van der Waals surface area contributed by atoms with Crippen LogP contribution in [0.1, 0.15) is 37.9 Å². The Bertz CT molecular complexity index is 1250. The number of rotatable bonds is 5. The number of likely N-dealkylation sites (tertiary alicyclic amines) is 1. The number of amides is 2. The number of aromatic nitrogens is 4. The smallest absolute Gasteiger partial charge is 0.387 e. The molecular formula is C24H27F2N7O2. The number of aryl methyl sites for hydroxylation is 1. The average Bonchev–Trinajstić information content (AvgIpc) is 3.52. The molecule has 3 aromatic heterocycles. The molecule has 2 aliphatic heterocycles. The molecule has 184 valence electrons. The van der Waals surface area contributed by atoms with Crippen molar-refractivity contribution < 1.29 is 18.3 Å². The van der Waals surface area contributed by atoms with E-state index in [0.717, 1.165) is 30.6 Å². The van der Waals surface area contributed by atoms with E-state index in [9.17, 15) is 13.6 Å². The van der Waals surface area contributed by atoms with Gasteiger partial charge in [0.05, 0.1) is 11.2 Å². The SMILES string of the molecule is CC(C)(NC(=O)N1CC[C@@]2(CCn3nc(-c4cnc(N)c(OC(F)F)c4)cc32)C1)c1cccnc1. The Morgan fingerprint density at radius 1 is 1.26 bits per heavy atom. The summed E-state index contributed by atoms with van der Waals surface area (Å²) in [7, 11) is 0. The lowest BCUT2D eigenvalue weighted by atomic mass is 9.82. The van der Waals surface area contributed by atoms with Gasteiger partial charge in [-0.3, -0.25) is 9.67 Å². The third kappa shape index (κ3) is 4.26. The zero-order valence-electron chi connectivity index (χ0n) is 19.5. The molecule has 2 amide bonds. The maximum Gasteiger partial charge on any atom is 0.387 e. The Morgan fingerprint density at radius 3 is 2.80 bits per heavy atom. The van der Waals surface area contributed by atoms with Crippen LogP contribution in [0, 0.1) is 0 Å². The third-order valence-corrected chi connectivity index (χ3v) is 6.96. The molecule has 3 aromatic rings. The summed E-state index contributed by atoms with van der Waals surface area (Å²) in [6.07, 6.45) is 6.65. The van der Waals surface area contributed by atoms with Crippen LogP contribution in [0.5, 0.6) is 5.75 Å². The predicted molar refractivity (Wildman–Crippen MR) is 125 cm³/mol. The molecule has 1 saturated heterocycles. The Morgan fingerprint density at radius 2 is 2.06 bits per heavy atom. The summed E-state index contributed by atoms with van der Waals surface area (Å²) >= 11 is 0. The minimum atomic E-state index is -3.00. The van der Waals surface area contributed by atoms with Crippen molar-refractivity contribution in [2.45, 2.75) is 50.8 Å².